The molecule has 1 rings (SSSR count). The molecule has 0 atom stereocenters. The Labute approximate surface area is 112 Å². The van der Waals surface area contributed by atoms with Gasteiger partial charge in [0.15, 0.2) is 0 Å². The van der Waals surface area contributed by atoms with Crippen molar-refractivity contribution in [1.29, 1.82) is 0 Å². The molecule has 1 aromatic rings. The van der Waals surface area contributed by atoms with Crippen LogP contribution >= 0.6 is 0 Å². The van der Waals surface area contributed by atoms with Crippen LogP contribution in [0.4, 0.5) is 17.3 Å². The predicted molar refractivity (Wildman–Crippen MR) is 74.4 cm³/mol. The molecular weight excluding hydrogens is 248 g/mol. The molecule has 0 aliphatic rings. The van der Waals surface area contributed by atoms with Gasteiger partial charge in [0, 0.05) is 13.1 Å². The van der Waals surface area contributed by atoms with Crippen LogP contribution in [0, 0.1) is 10.1 Å². The minimum Gasteiger partial charge on any atom is -0.388 e. The van der Waals surface area contributed by atoms with Gasteiger partial charge in [0.05, 0.1) is 16.1 Å². The fourth-order valence-electron chi connectivity index (χ4n) is 1.28. The Morgan fingerprint density at radius 1 is 1.32 bits per heavy atom. The lowest BCUT2D eigenvalue weighted by Gasteiger charge is -2.38. The zero-order chi connectivity index (χ0) is 14.8. The van der Waals surface area contributed by atoms with Crippen molar-refractivity contribution < 1.29 is 10.0 Å². The highest BCUT2D eigenvalue weighted by Gasteiger charge is 2.36. The van der Waals surface area contributed by atoms with Gasteiger partial charge in [-0.2, -0.15) is 0 Å². The first-order valence-corrected chi connectivity index (χ1v) is 5.92. The van der Waals surface area contributed by atoms with Crippen LogP contribution in [-0.2, 0) is 0 Å². The van der Waals surface area contributed by atoms with Crippen LogP contribution in [-0.4, -0.2) is 33.2 Å². The standard InChI is InChI=1S/C12H20N4O3/c1-11(2,12(3,4)17)15-10-8(16(18)19)6-7-9(13-5)14-10/h6-7,17H,1-5H3,(H2,13,14,15). The molecule has 0 fully saturated rings. The summed E-state index contributed by atoms with van der Waals surface area (Å²) in [6, 6.07) is 2.90. The first-order valence-electron chi connectivity index (χ1n) is 5.92. The Kier molecular flexibility index (Phi) is 4.00. The van der Waals surface area contributed by atoms with E-state index in [9.17, 15) is 15.2 Å². The van der Waals surface area contributed by atoms with Gasteiger partial charge in [-0.15, -0.1) is 0 Å². The van der Waals surface area contributed by atoms with Crippen molar-refractivity contribution >= 4 is 17.3 Å². The molecular formula is C12H20N4O3. The molecule has 19 heavy (non-hydrogen) atoms. The summed E-state index contributed by atoms with van der Waals surface area (Å²) in [5, 5.41) is 26.8. The highest BCUT2D eigenvalue weighted by atomic mass is 16.6. The molecule has 0 aliphatic carbocycles. The van der Waals surface area contributed by atoms with E-state index < -0.39 is 16.1 Å². The Hall–Kier alpha value is -1.89. The van der Waals surface area contributed by atoms with Crippen molar-refractivity contribution in [2.45, 2.75) is 38.8 Å². The number of anilines is 2. The molecule has 3 N–H and O–H groups in total. The van der Waals surface area contributed by atoms with Gasteiger partial charge in [-0.25, -0.2) is 4.98 Å². The third-order valence-corrected chi connectivity index (χ3v) is 3.29. The molecule has 0 amide bonds. The lowest BCUT2D eigenvalue weighted by atomic mass is 9.86. The first kappa shape index (κ1) is 15.2. The maximum atomic E-state index is 11.0. The summed E-state index contributed by atoms with van der Waals surface area (Å²) in [5.74, 6) is 0.642. The van der Waals surface area contributed by atoms with Crippen molar-refractivity contribution in [3.05, 3.63) is 22.2 Å². The number of aliphatic hydroxyl groups is 1. The van der Waals surface area contributed by atoms with E-state index in [1.807, 2.05) is 0 Å². The van der Waals surface area contributed by atoms with E-state index >= 15 is 0 Å². The quantitative estimate of drug-likeness (QED) is 0.557. The SMILES string of the molecule is CNc1ccc([N+](=O)[O-])c(NC(C)(C)C(C)(C)O)n1. The number of nitrogens with zero attached hydrogens (tertiary/aromatic N) is 2. The van der Waals surface area contributed by atoms with Crippen LogP contribution in [0.1, 0.15) is 27.7 Å². The smallest absolute Gasteiger partial charge is 0.311 e. The van der Waals surface area contributed by atoms with Crippen molar-refractivity contribution in [3.8, 4) is 0 Å². The minimum absolute atomic E-state index is 0.128. The topological polar surface area (TPSA) is 100 Å². The van der Waals surface area contributed by atoms with Crippen molar-refractivity contribution in [1.82, 2.24) is 4.98 Å². The second-order valence-electron chi connectivity index (χ2n) is 5.38. The van der Waals surface area contributed by atoms with E-state index in [2.05, 4.69) is 15.6 Å². The number of pyridine rings is 1. The highest BCUT2D eigenvalue weighted by Crippen LogP contribution is 2.30. The number of hydrogen-bond donors (Lipinski definition) is 3. The van der Waals surface area contributed by atoms with Gasteiger partial charge in [-0.1, -0.05) is 0 Å². The molecule has 0 radical (unpaired) electrons. The van der Waals surface area contributed by atoms with E-state index in [1.54, 1.807) is 34.7 Å². The summed E-state index contributed by atoms with van der Waals surface area (Å²) in [6.07, 6.45) is 0. The third kappa shape index (κ3) is 3.31. The van der Waals surface area contributed by atoms with Crippen LogP contribution in [0.5, 0.6) is 0 Å². The number of nitro groups is 1. The minimum atomic E-state index is -1.07. The van der Waals surface area contributed by atoms with Gasteiger partial charge < -0.3 is 15.7 Å². The molecule has 7 heteroatoms. The van der Waals surface area contributed by atoms with Crippen molar-refractivity contribution in [2.24, 2.45) is 0 Å². The molecule has 0 aromatic carbocycles. The van der Waals surface area contributed by atoms with Crippen LogP contribution in [0.15, 0.2) is 12.1 Å². The molecule has 7 nitrogen and oxygen atoms in total. The summed E-state index contributed by atoms with van der Waals surface area (Å²) in [6.45, 7) is 6.77. The van der Waals surface area contributed by atoms with Crippen molar-refractivity contribution in [2.75, 3.05) is 17.7 Å². The molecule has 0 aliphatic heterocycles. The summed E-state index contributed by atoms with van der Waals surface area (Å²) in [5.41, 5.74) is -1.98. The number of hydrogen-bond acceptors (Lipinski definition) is 6. The predicted octanol–water partition coefficient (Wildman–Crippen LogP) is 1.99. The van der Waals surface area contributed by atoms with E-state index in [-0.39, 0.29) is 11.5 Å². The summed E-state index contributed by atoms with van der Waals surface area (Å²) < 4.78 is 0. The fourth-order valence-corrected chi connectivity index (χ4v) is 1.28. The van der Waals surface area contributed by atoms with E-state index in [4.69, 9.17) is 0 Å². The summed E-state index contributed by atoms with van der Waals surface area (Å²) >= 11 is 0. The maximum Gasteiger partial charge on any atom is 0.311 e. The Morgan fingerprint density at radius 2 is 1.89 bits per heavy atom. The summed E-state index contributed by atoms with van der Waals surface area (Å²) in [4.78, 5) is 14.6. The number of rotatable bonds is 5. The van der Waals surface area contributed by atoms with Crippen LogP contribution < -0.4 is 10.6 Å². The molecule has 0 bridgehead atoms. The monoisotopic (exact) mass is 268 g/mol. The fraction of sp³-hybridized carbons (Fsp3) is 0.583. The summed E-state index contributed by atoms with van der Waals surface area (Å²) in [7, 11) is 1.68. The molecule has 106 valence electrons. The van der Waals surface area contributed by atoms with Gasteiger partial charge in [-0.3, -0.25) is 10.1 Å². The average molecular weight is 268 g/mol. The first-order chi connectivity index (χ1) is 8.58. The average Bonchev–Trinajstić information content (AvgIpc) is 2.26. The van der Waals surface area contributed by atoms with Crippen LogP contribution in [0.3, 0.4) is 0 Å². The second kappa shape index (κ2) is 5.00. The Bertz CT molecular complexity index is 480. The maximum absolute atomic E-state index is 11.0. The zero-order valence-electron chi connectivity index (χ0n) is 11.8. The Balaban J connectivity index is 3.21. The molecule has 1 heterocycles. The lowest BCUT2D eigenvalue weighted by molar-refractivity contribution is -0.384. The highest BCUT2D eigenvalue weighted by molar-refractivity contribution is 5.61. The van der Waals surface area contributed by atoms with Crippen LogP contribution in [0.2, 0.25) is 0 Å². The largest absolute Gasteiger partial charge is 0.388 e. The number of aromatic nitrogens is 1. The van der Waals surface area contributed by atoms with Crippen molar-refractivity contribution in [3.63, 3.8) is 0 Å². The molecule has 1 aromatic heterocycles. The molecule has 0 saturated carbocycles. The van der Waals surface area contributed by atoms with Gasteiger partial charge >= 0.3 is 5.69 Å². The lowest BCUT2D eigenvalue weighted by Crippen LogP contribution is -2.51. The van der Waals surface area contributed by atoms with Gasteiger partial charge in [-0.05, 0) is 33.8 Å². The Morgan fingerprint density at radius 3 is 2.32 bits per heavy atom. The molecule has 0 spiro atoms. The van der Waals surface area contributed by atoms with Gasteiger partial charge in [0.25, 0.3) is 0 Å². The van der Waals surface area contributed by atoms with E-state index in [0.29, 0.717) is 5.82 Å². The van der Waals surface area contributed by atoms with E-state index in [0.717, 1.165) is 0 Å². The number of nitrogens with one attached hydrogen (secondary N) is 2. The molecule has 0 saturated heterocycles. The molecule has 0 unspecified atom stereocenters. The van der Waals surface area contributed by atoms with E-state index in [1.165, 1.54) is 12.1 Å². The van der Waals surface area contributed by atoms with Gasteiger partial charge in [0.1, 0.15) is 5.82 Å². The second-order valence-corrected chi connectivity index (χ2v) is 5.38. The third-order valence-electron chi connectivity index (χ3n) is 3.29. The zero-order valence-corrected chi connectivity index (χ0v) is 11.8. The van der Waals surface area contributed by atoms with Crippen LogP contribution in [0.25, 0.3) is 0 Å². The van der Waals surface area contributed by atoms with Gasteiger partial charge in [0.2, 0.25) is 5.82 Å². The normalized spacial score (nSPS) is 12.1.